The van der Waals surface area contributed by atoms with Gasteiger partial charge in [-0.2, -0.15) is 0 Å². The Balaban J connectivity index is 2.31. The standard InChI is InChI=1S/C14H12O2/c1-11(15)13-9-5-6-10-14(13)16-12-7-3-2-4-8-12/h2-10H,1H3. The number of benzene rings is 2. The lowest BCUT2D eigenvalue weighted by atomic mass is 10.1. The predicted molar refractivity (Wildman–Crippen MR) is 63.0 cm³/mol. The van der Waals surface area contributed by atoms with Crippen molar-refractivity contribution in [3.05, 3.63) is 60.2 Å². The number of ketones is 1. The van der Waals surface area contributed by atoms with Crippen LogP contribution in [0.25, 0.3) is 0 Å². The first-order chi connectivity index (χ1) is 7.77. The van der Waals surface area contributed by atoms with Gasteiger partial charge in [0.05, 0.1) is 5.56 Å². The zero-order chi connectivity index (χ0) is 11.4. The van der Waals surface area contributed by atoms with Crippen molar-refractivity contribution in [1.82, 2.24) is 0 Å². The van der Waals surface area contributed by atoms with Crippen LogP contribution < -0.4 is 4.74 Å². The number of hydrogen-bond acceptors (Lipinski definition) is 2. The summed E-state index contributed by atoms with van der Waals surface area (Å²) in [7, 11) is 0. The first-order valence-corrected chi connectivity index (χ1v) is 5.10. The van der Waals surface area contributed by atoms with Gasteiger partial charge in [0.25, 0.3) is 0 Å². The molecular weight excluding hydrogens is 200 g/mol. The quantitative estimate of drug-likeness (QED) is 0.725. The normalized spacial score (nSPS) is 9.81. The monoisotopic (exact) mass is 212 g/mol. The Hall–Kier alpha value is -2.09. The van der Waals surface area contributed by atoms with Gasteiger partial charge < -0.3 is 4.74 Å². The molecule has 0 aromatic heterocycles. The highest BCUT2D eigenvalue weighted by atomic mass is 16.5. The van der Waals surface area contributed by atoms with E-state index in [0.717, 1.165) is 5.75 Å². The molecule has 0 radical (unpaired) electrons. The molecule has 0 spiro atoms. The fourth-order valence-corrected chi connectivity index (χ4v) is 1.46. The van der Waals surface area contributed by atoms with Crippen LogP contribution in [0.5, 0.6) is 11.5 Å². The minimum Gasteiger partial charge on any atom is -0.457 e. The largest absolute Gasteiger partial charge is 0.457 e. The van der Waals surface area contributed by atoms with Gasteiger partial charge in [0.1, 0.15) is 11.5 Å². The Morgan fingerprint density at radius 1 is 0.938 bits per heavy atom. The van der Waals surface area contributed by atoms with Crippen LogP contribution in [-0.4, -0.2) is 5.78 Å². The first kappa shape index (κ1) is 10.4. The van der Waals surface area contributed by atoms with Crippen molar-refractivity contribution in [2.45, 2.75) is 6.92 Å². The van der Waals surface area contributed by atoms with Crippen molar-refractivity contribution in [1.29, 1.82) is 0 Å². The number of para-hydroxylation sites is 2. The second kappa shape index (κ2) is 4.62. The molecule has 0 aliphatic heterocycles. The van der Waals surface area contributed by atoms with Gasteiger partial charge in [0.15, 0.2) is 5.78 Å². The lowest BCUT2D eigenvalue weighted by molar-refractivity contribution is 0.101. The molecule has 0 atom stereocenters. The highest BCUT2D eigenvalue weighted by molar-refractivity contribution is 5.96. The summed E-state index contributed by atoms with van der Waals surface area (Å²) in [5.74, 6) is 1.34. The van der Waals surface area contributed by atoms with E-state index in [0.29, 0.717) is 11.3 Å². The van der Waals surface area contributed by atoms with Crippen molar-refractivity contribution in [3.63, 3.8) is 0 Å². The Morgan fingerprint density at radius 3 is 2.25 bits per heavy atom. The lowest BCUT2D eigenvalue weighted by Gasteiger charge is -2.08. The molecule has 0 fully saturated rings. The molecule has 2 nitrogen and oxygen atoms in total. The summed E-state index contributed by atoms with van der Waals surface area (Å²) in [4.78, 5) is 11.4. The van der Waals surface area contributed by atoms with Crippen LogP contribution in [-0.2, 0) is 0 Å². The molecule has 0 unspecified atom stereocenters. The SMILES string of the molecule is CC(=O)c1ccccc1Oc1ccccc1. The summed E-state index contributed by atoms with van der Waals surface area (Å²) in [6.07, 6.45) is 0. The summed E-state index contributed by atoms with van der Waals surface area (Å²) < 4.78 is 5.65. The minimum absolute atomic E-state index is 0.00605. The van der Waals surface area contributed by atoms with Gasteiger partial charge in [-0.3, -0.25) is 4.79 Å². The highest BCUT2D eigenvalue weighted by Crippen LogP contribution is 2.24. The number of hydrogen-bond donors (Lipinski definition) is 0. The van der Waals surface area contributed by atoms with Crippen LogP contribution in [0.1, 0.15) is 17.3 Å². The molecule has 2 aromatic carbocycles. The molecule has 2 rings (SSSR count). The molecule has 0 saturated heterocycles. The fourth-order valence-electron chi connectivity index (χ4n) is 1.46. The summed E-state index contributed by atoms with van der Waals surface area (Å²) in [6, 6.07) is 16.7. The van der Waals surface area contributed by atoms with E-state index in [1.807, 2.05) is 42.5 Å². The zero-order valence-electron chi connectivity index (χ0n) is 9.01. The van der Waals surface area contributed by atoms with Crippen LogP contribution >= 0.6 is 0 Å². The Labute approximate surface area is 94.5 Å². The molecule has 2 heteroatoms. The maximum absolute atomic E-state index is 11.4. The average molecular weight is 212 g/mol. The third-order valence-corrected chi connectivity index (χ3v) is 2.24. The van der Waals surface area contributed by atoms with Crippen LogP contribution in [0.2, 0.25) is 0 Å². The summed E-state index contributed by atoms with van der Waals surface area (Å²) in [5.41, 5.74) is 0.603. The molecule has 2 aromatic rings. The molecule has 0 amide bonds. The topological polar surface area (TPSA) is 26.3 Å². The number of ether oxygens (including phenoxy) is 1. The number of Topliss-reactive ketones (excluding diaryl/α,β-unsaturated/α-hetero) is 1. The van der Waals surface area contributed by atoms with Crippen LogP contribution in [0.15, 0.2) is 54.6 Å². The maximum atomic E-state index is 11.4. The van der Waals surface area contributed by atoms with Gasteiger partial charge in [-0.05, 0) is 31.2 Å². The van der Waals surface area contributed by atoms with E-state index < -0.39 is 0 Å². The number of carbonyl (C=O) groups excluding carboxylic acids is 1. The Morgan fingerprint density at radius 2 is 1.56 bits per heavy atom. The lowest BCUT2D eigenvalue weighted by Crippen LogP contribution is -1.96. The predicted octanol–water partition coefficient (Wildman–Crippen LogP) is 3.68. The zero-order valence-corrected chi connectivity index (χ0v) is 9.01. The maximum Gasteiger partial charge on any atom is 0.163 e. The van der Waals surface area contributed by atoms with Crippen LogP contribution in [0.3, 0.4) is 0 Å². The molecule has 0 bridgehead atoms. The van der Waals surface area contributed by atoms with Crippen molar-refractivity contribution < 1.29 is 9.53 Å². The van der Waals surface area contributed by atoms with Gasteiger partial charge in [-0.15, -0.1) is 0 Å². The average Bonchev–Trinajstić information content (AvgIpc) is 2.31. The Kier molecular flexibility index (Phi) is 3.01. The summed E-state index contributed by atoms with van der Waals surface area (Å²) >= 11 is 0. The van der Waals surface area contributed by atoms with Gasteiger partial charge in [0.2, 0.25) is 0 Å². The van der Waals surface area contributed by atoms with E-state index in [2.05, 4.69) is 0 Å². The summed E-state index contributed by atoms with van der Waals surface area (Å²) in [6.45, 7) is 1.53. The van der Waals surface area contributed by atoms with E-state index in [4.69, 9.17) is 4.74 Å². The fraction of sp³-hybridized carbons (Fsp3) is 0.0714. The molecule has 0 aliphatic rings. The van der Waals surface area contributed by atoms with Crippen molar-refractivity contribution in [2.75, 3.05) is 0 Å². The first-order valence-electron chi connectivity index (χ1n) is 5.10. The molecule has 0 N–H and O–H groups in total. The molecule has 16 heavy (non-hydrogen) atoms. The molecule has 80 valence electrons. The van der Waals surface area contributed by atoms with E-state index in [1.54, 1.807) is 12.1 Å². The van der Waals surface area contributed by atoms with Gasteiger partial charge >= 0.3 is 0 Å². The minimum atomic E-state index is 0.00605. The van der Waals surface area contributed by atoms with Gasteiger partial charge in [-0.25, -0.2) is 0 Å². The van der Waals surface area contributed by atoms with E-state index in [-0.39, 0.29) is 5.78 Å². The van der Waals surface area contributed by atoms with Crippen molar-refractivity contribution in [2.24, 2.45) is 0 Å². The molecule has 0 aliphatic carbocycles. The molecule has 0 saturated carbocycles. The smallest absolute Gasteiger partial charge is 0.163 e. The van der Waals surface area contributed by atoms with Crippen LogP contribution in [0, 0.1) is 0 Å². The third kappa shape index (κ3) is 2.28. The number of rotatable bonds is 3. The van der Waals surface area contributed by atoms with E-state index in [1.165, 1.54) is 6.92 Å². The third-order valence-electron chi connectivity index (χ3n) is 2.24. The van der Waals surface area contributed by atoms with Crippen molar-refractivity contribution in [3.8, 4) is 11.5 Å². The molecule has 0 heterocycles. The molecular formula is C14H12O2. The highest BCUT2D eigenvalue weighted by Gasteiger charge is 2.07. The summed E-state index contributed by atoms with van der Waals surface area (Å²) in [5, 5.41) is 0. The number of carbonyl (C=O) groups is 1. The van der Waals surface area contributed by atoms with Gasteiger partial charge in [-0.1, -0.05) is 30.3 Å². The van der Waals surface area contributed by atoms with Gasteiger partial charge in [0, 0.05) is 0 Å². The second-order valence-corrected chi connectivity index (χ2v) is 3.47. The van der Waals surface area contributed by atoms with E-state index in [9.17, 15) is 4.79 Å². The second-order valence-electron chi connectivity index (χ2n) is 3.47. The Bertz CT molecular complexity index is 489. The van der Waals surface area contributed by atoms with Crippen molar-refractivity contribution >= 4 is 5.78 Å². The van der Waals surface area contributed by atoms with Crippen LogP contribution in [0.4, 0.5) is 0 Å². The van der Waals surface area contributed by atoms with E-state index >= 15 is 0 Å².